The number of fused-ring (bicyclic) bond motifs is 1. The van der Waals surface area contributed by atoms with Gasteiger partial charge in [0.2, 0.25) is 5.75 Å². The molecule has 0 aliphatic carbocycles. The normalized spacial score (nSPS) is 21.6. The van der Waals surface area contributed by atoms with Crippen LogP contribution in [0, 0.1) is 5.92 Å². The van der Waals surface area contributed by atoms with E-state index in [-0.39, 0.29) is 11.8 Å². The number of nitrogens with one attached hydrogen (secondary N) is 2. The lowest BCUT2D eigenvalue weighted by Gasteiger charge is -2.36. The number of carbonyl (C=O) groups excluding carboxylic acids is 1. The van der Waals surface area contributed by atoms with Crippen molar-refractivity contribution in [1.29, 1.82) is 0 Å². The quantitative estimate of drug-likeness (QED) is 0.523. The number of aliphatic hydroxyl groups excluding tert-OH is 1. The third-order valence-corrected chi connectivity index (χ3v) is 5.60. The molecule has 1 aromatic carbocycles. The molecule has 0 unspecified atom stereocenters. The minimum absolute atomic E-state index is 0.0544. The van der Waals surface area contributed by atoms with Crippen LogP contribution >= 0.6 is 0 Å². The molecule has 1 fully saturated rings. The number of hydrogen-bond donors (Lipinski definition) is 3. The van der Waals surface area contributed by atoms with Gasteiger partial charge in [-0.25, -0.2) is 0 Å². The molecule has 2 atom stereocenters. The van der Waals surface area contributed by atoms with Gasteiger partial charge in [0.1, 0.15) is 13.2 Å². The average molecular weight is 408 g/mol. The van der Waals surface area contributed by atoms with Gasteiger partial charge in [0.05, 0.1) is 18.8 Å². The number of β-amino-alcohol motifs (C(OH)–C–C–N with tert-alkyl or cyclic N) is 1. The molecule has 0 aromatic heterocycles. The van der Waals surface area contributed by atoms with E-state index in [4.69, 9.17) is 14.2 Å². The van der Waals surface area contributed by atoms with E-state index in [1.165, 1.54) is 0 Å². The zero-order chi connectivity index (χ0) is 20.6. The maximum Gasteiger partial charge on any atom is 0.255 e. The van der Waals surface area contributed by atoms with Crippen LogP contribution < -0.4 is 24.8 Å². The second kappa shape index (κ2) is 10.7. The van der Waals surface area contributed by atoms with Gasteiger partial charge >= 0.3 is 0 Å². The third-order valence-electron chi connectivity index (χ3n) is 5.60. The van der Waals surface area contributed by atoms with E-state index >= 15 is 0 Å². The van der Waals surface area contributed by atoms with Gasteiger partial charge in [0.25, 0.3) is 5.91 Å². The molecule has 3 N–H and O–H groups in total. The molecule has 0 spiro atoms. The van der Waals surface area contributed by atoms with Crippen LogP contribution in [0.1, 0.15) is 29.6 Å². The van der Waals surface area contributed by atoms with Crippen LogP contribution in [0.5, 0.6) is 17.2 Å². The summed E-state index contributed by atoms with van der Waals surface area (Å²) >= 11 is 0. The summed E-state index contributed by atoms with van der Waals surface area (Å²) in [6, 6.07) is 3.40. The molecule has 2 aliphatic rings. The van der Waals surface area contributed by atoms with E-state index in [0.717, 1.165) is 38.9 Å². The van der Waals surface area contributed by atoms with Gasteiger partial charge in [-0.1, -0.05) is 0 Å². The van der Waals surface area contributed by atoms with E-state index < -0.39 is 6.10 Å². The van der Waals surface area contributed by atoms with Gasteiger partial charge < -0.3 is 34.9 Å². The Balaban J connectivity index is 1.51. The Hall–Kier alpha value is -2.03. The molecule has 29 heavy (non-hydrogen) atoms. The van der Waals surface area contributed by atoms with Crippen LogP contribution in [0.25, 0.3) is 0 Å². The van der Waals surface area contributed by atoms with Gasteiger partial charge in [0, 0.05) is 19.0 Å². The van der Waals surface area contributed by atoms with E-state index in [1.807, 2.05) is 7.05 Å². The second-order valence-corrected chi connectivity index (χ2v) is 7.61. The van der Waals surface area contributed by atoms with Crippen molar-refractivity contribution in [2.24, 2.45) is 5.92 Å². The number of ether oxygens (including phenoxy) is 3. The summed E-state index contributed by atoms with van der Waals surface area (Å²) < 4.78 is 16.6. The number of aliphatic hydroxyl groups is 1. The van der Waals surface area contributed by atoms with Gasteiger partial charge in [0.15, 0.2) is 11.5 Å². The number of piperidine rings is 1. The van der Waals surface area contributed by atoms with Gasteiger partial charge in [-0.05, 0) is 58.1 Å². The minimum Gasteiger partial charge on any atom is -0.493 e. The Morgan fingerprint density at radius 3 is 2.79 bits per heavy atom. The van der Waals surface area contributed by atoms with Crippen molar-refractivity contribution >= 4 is 5.91 Å². The highest BCUT2D eigenvalue weighted by Crippen LogP contribution is 2.41. The molecular formula is C21H33N3O5. The summed E-state index contributed by atoms with van der Waals surface area (Å²) in [4.78, 5) is 15.1. The lowest BCUT2D eigenvalue weighted by Crippen LogP contribution is -2.47. The monoisotopic (exact) mass is 407 g/mol. The predicted octanol–water partition coefficient (Wildman–Crippen LogP) is 0.879. The number of amides is 1. The highest BCUT2D eigenvalue weighted by atomic mass is 16.6. The van der Waals surface area contributed by atoms with Crippen LogP contribution in [0.4, 0.5) is 0 Å². The Morgan fingerprint density at radius 1 is 1.28 bits per heavy atom. The van der Waals surface area contributed by atoms with Crippen molar-refractivity contribution in [3.63, 3.8) is 0 Å². The van der Waals surface area contributed by atoms with Crippen LogP contribution in [-0.2, 0) is 0 Å². The van der Waals surface area contributed by atoms with Gasteiger partial charge in [-0.3, -0.25) is 4.79 Å². The van der Waals surface area contributed by atoms with Gasteiger partial charge in [-0.2, -0.15) is 0 Å². The second-order valence-electron chi connectivity index (χ2n) is 7.61. The molecule has 0 bridgehead atoms. The fraction of sp³-hybridized carbons (Fsp3) is 0.667. The third kappa shape index (κ3) is 5.52. The number of unbranched alkanes of at least 4 members (excludes halogenated alkanes) is 1. The lowest BCUT2D eigenvalue weighted by atomic mass is 9.93. The Labute approximate surface area is 172 Å². The zero-order valence-corrected chi connectivity index (χ0v) is 17.4. The summed E-state index contributed by atoms with van der Waals surface area (Å²) in [5, 5.41) is 16.6. The van der Waals surface area contributed by atoms with Crippen molar-refractivity contribution in [1.82, 2.24) is 15.5 Å². The SMILES string of the molecule is CNCCCCN1CC[C@@H](CNC(=O)c2ccc(OC)c3c2OCCO3)[C@H](O)C1. The first kappa shape index (κ1) is 21.7. The first-order valence-electron chi connectivity index (χ1n) is 10.4. The summed E-state index contributed by atoms with van der Waals surface area (Å²) in [5.74, 6) is 1.27. The molecule has 0 radical (unpaired) electrons. The molecule has 0 saturated carbocycles. The number of nitrogens with zero attached hydrogens (tertiary/aromatic N) is 1. The summed E-state index contributed by atoms with van der Waals surface area (Å²) in [5.41, 5.74) is 0.428. The van der Waals surface area contributed by atoms with Gasteiger partial charge in [-0.15, -0.1) is 0 Å². The van der Waals surface area contributed by atoms with E-state index in [1.54, 1.807) is 19.2 Å². The smallest absolute Gasteiger partial charge is 0.255 e. The molecule has 2 heterocycles. The number of hydrogen-bond acceptors (Lipinski definition) is 7. The maximum atomic E-state index is 12.7. The molecule has 8 nitrogen and oxygen atoms in total. The highest BCUT2D eigenvalue weighted by Gasteiger charge is 2.29. The zero-order valence-electron chi connectivity index (χ0n) is 17.4. The van der Waals surface area contributed by atoms with Crippen molar-refractivity contribution in [2.75, 3.05) is 60.1 Å². The first-order valence-corrected chi connectivity index (χ1v) is 10.4. The van der Waals surface area contributed by atoms with Crippen molar-refractivity contribution in [3.8, 4) is 17.2 Å². The maximum absolute atomic E-state index is 12.7. The fourth-order valence-corrected chi connectivity index (χ4v) is 3.89. The summed E-state index contributed by atoms with van der Waals surface area (Å²) in [6.07, 6.45) is 2.70. The van der Waals surface area contributed by atoms with Crippen molar-refractivity contribution in [3.05, 3.63) is 17.7 Å². The molecule has 8 heteroatoms. The van der Waals surface area contributed by atoms with Crippen LogP contribution in [0.15, 0.2) is 12.1 Å². The molecule has 3 rings (SSSR count). The first-order chi connectivity index (χ1) is 14.1. The molecule has 1 amide bonds. The lowest BCUT2D eigenvalue weighted by molar-refractivity contribution is 0.0216. The molecule has 1 aromatic rings. The Morgan fingerprint density at radius 2 is 2.07 bits per heavy atom. The van der Waals surface area contributed by atoms with Crippen LogP contribution in [0.2, 0.25) is 0 Å². The molecule has 162 valence electrons. The molecule has 1 saturated heterocycles. The average Bonchev–Trinajstić information content (AvgIpc) is 2.75. The number of benzene rings is 1. The number of methoxy groups -OCH3 is 1. The predicted molar refractivity (Wildman–Crippen MR) is 110 cm³/mol. The van der Waals surface area contributed by atoms with Crippen LogP contribution in [-0.4, -0.2) is 82.1 Å². The Bertz CT molecular complexity index is 685. The number of rotatable bonds is 9. The Kier molecular flexibility index (Phi) is 7.97. The molecular weight excluding hydrogens is 374 g/mol. The van der Waals surface area contributed by atoms with Crippen LogP contribution in [0.3, 0.4) is 0 Å². The topological polar surface area (TPSA) is 92.3 Å². The van der Waals surface area contributed by atoms with E-state index in [0.29, 0.717) is 49.1 Å². The van der Waals surface area contributed by atoms with Crippen molar-refractivity contribution < 1.29 is 24.1 Å². The summed E-state index contributed by atoms with van der Waals surface area (Å²) in [6.45, 7) is 4.90. The fourth-order valence-electron chi connectivity index (χ4n) is 3.89. The number of carbonyl (C=O) groups is 1. The standard InChI is InChI=1S/C21H33N3O5/c1-22-8-3-4-9-24-10-7-15(17(25)14-24)13-23-21(26)16-5-6-18(27-2)20-19(16)28-11-12-29-20/h5-6,15,17,22,25H,3-4,7-14H2,1-2H3,(H,23,26)/t15-,17+/m0/s1. The summed E-state index contributed by atoms with van der Waals surface area (Å²) in [7, 11) is 3.52. The van der Waals surface area contributed by atoms with Crippen molar-refractivity contribution in [2.45, 2.75) is 25.4 Å². The largest absolute Gasteiger partial charge is 0.493 e. The highest BCUT2D eigenvalue weighted by molar-refractivity contribution is 5.98. The van der Waals surface area contributed by atoms with E-state index in [2.05, 4.69) is 15.5 Å². The molecule has 2 aliphatic heterocycles. The van der Waals surface area contributed by atoms with E-state index in [9.17, 15) is 9.90 Å². The minimum atomic E-state index is -0.433. The number of likely N-dealkylation sites (tertiary alicyclic amines) is 1.